The third-order valence-electron chi connectivity index (χ3n) is 3.53. The van der Waals surface area contributed by atoms with Gasteiger partial charge in [-0.15, -0.1) is 0 Å². The van der Waals surface area contributed by atoms with Gasteiger partial charge in [0.15, 0.2) is 5.82 Å². The Kier molecular flexibility index (Phi) is 2.43. The number of rotatable bonds is 0. The van der Waals surface area contributed by atoms with Gasteiger partial charge in [-0.2, -0.15) is 0 Å². The van der Waals surface area contributed by atoms with Crippen LogP contribution >= 0.6 is 0 Å². The van der Waals surface area contributed by atoms with Crippen LogP contribution < -0.4 is 15.1 Å². The van der Waals surface area contributed by atoms with E-state index in [1.807, 2.05) is 11.9 Å². The normalized spacial score (nSPS) is 23.4. The topological polar surface area (TPSA) is 18.5 Å². The lowest BCUT2D eigenvalue weighted by molar-refractivity contribution is 0.459. The van der Waals surface area contributed by atoms with Crippen molar-refractivity contribution in [3.05, 3.63) is 23.8 Å². The lowest BCUT2D eigenvalue weighted by atomic mass is 10.0. The van der Waals surface area contributed by atoms with Crippen molar-refractivity contribution in [2.75, 3.05) is 43.0 Å². The Morgan fingerprint density at radius 3 is 3.00 bits per heavy atom. The average molecular weight is 239 g/mol. The van der Waals surface area contributed by atoms with E-state index >= 15 is 0 Å². The van der Waals surface area contributed by atoms with Crippen LogP contribution in [-0.4, -0.2) is 39.3 Å². The molecule has 0 aliphatic carbocycles. The van der Waals surface area contributed by atoms with Crippen LogP contribution in [0.1, 0.15) is 0 Å². The van der Waals surface area contributed by atoms with Gasteiger partial charge in [-0.1, -0.05) is 0 Å². The molecule has 1 atom stereocenters. The monoisotopic (exact) mass is 239 g/mol. The molecule has 1 saturated heterocycles. The summed E-state index contributed by atoms with van der Waals surface area (Å²) >= 11 is 0. The van der Waals surface area contributed by atoms with Crippen LogP contribution in [0, 0.1) is 11.6 Å². The van der Waals surface area contributed by atoms with E-state index in [9.17, 15) is 8.78 Å². The zero-order valence-corrected chi connectivity index (χ0v) is 9.71. The lowest BCUT2D eigenvalue weighted by Gasteiger charge is -2.46. The van der Waals surface area contributed by atoms with E-state index in [2.05, 4.69) is 10.2 Å². The maximum absolute atomic E-state index is 13.8. The van der Waals surface area contributed by atoms with Gasteiger partial charge in [-0.25, -0.2) is 8.78 Å². The van der Waals surface area contributed by atoms with Crippen molar-refractivity contribution in [1.82, 2.24) is 5.32 Å². The summed E-state index contributed by atoms with van der Waals surface area (Å²) in [6, 6.07) is 2.69. The summed E-state index contributed by atoms with van der Waals surface area (Å²) in [7, 11) is 1.85. The standard InChI is InChI=1S/C12H15F2N3/c1-16-7-9-6-15-2-3-17(9)11-5-8(13)4-10(14)12(11)16/h4-5,9,15H,2-3,6-7H2,1H3. The number of halogens is 2. The first-order chi connectivity index (χ1) is 8.16. The first kappa shape index (κ1) is 10.8. The van der Waals surface area contributed by atoms with Crippen LogP contribution in [0.2, 0.25) is 0 Å². The zero-order chi connectivity index (χ0) is 12.0. The van der Waals surface area contributed by atoms with Crippen molar-refractivity contribution in [2.45, 2.75) is 6.04 Å². The summed E-state index contributed by atoms with van der Waals surface area (Å²) in [6.45, 7) is 3.29. The molecule has 2 heterocycles. The number of nitrogens with zero attached hydrogens (tertiary/aromatic N) is 2. The van der Waals surface area contributed by atoms with Gasteiger partial charge < -0.3 is 15.1 Å². The van der Waals surface area contributed by atoms with Crippen molar-refractivity contribution in [3.63, 3.8) is 0 Å². The number of benzene rings is 1. The number of likely N-dealkylation sites (N-methyl/N-ethyl adjacent to an activating group) is 1. The van der Waals surface area contributed by atoms with E-state index in [0.717, 1.165) is 32.2 Å². The quantitative estimate of drug-likeness (QED) is 0.733. The van der Waals surface area contributed by atoms with Gasteiger partial charge in [0.05, 0.1) is 17.4 Å². The Morgan fingerprint density at radius 2 is 2.18 bits per heavy atom. The first-order valence-electron chi connectivity index (χ1n) is 5.84. The van der Waals surface area contributed by atoms with Crippen LogP contribution in [0.4, 0.5) is 20.2 Å². The van der Waals surface area contributed by atoms with E-state index in [1.165, 1.54) is 6.07 Å². The predicted molar refractivity (Wildman–Crippen MR) is 63.6 cm³/mol. The molecule has 1 N–H and O–H groups in total. The number of hydrogen-bond donors (Lipinski definition) is 1. The summed E-state index contributed by atoms with van der Waals surface area (Å²) in [6.07, 6.45) is 0. The van der Waals surface area contributed by atoms with Gasteiger partial charge in [-0.05, 0) is 6.07 Å². The largest absolute Gasteiger partial charge is 0.368 e. The maximum Gasteiger partial charge on any atom is 0.151 e. The summed E-state index contributed by atoms with van der Waals surface area (Å²) in [5.41, 5.74) is 1.20. The van der Waals surface area contributed by atoms with E-state index < -0.39 is 11.6 Å². The Hall–Kier alpha value is -1.36. The molecule has 2 aliphatic rings. The van der Waals surface area contributed by atoms with E-state index in [0.29, 0.717) is 17.4 Å². The molecule has 92 valence electrons. The minimum absolute atomic E-state index is 0.294. The molecule has 0 bridgehead atoms. The SMILES string of the molecule is CN1CC2CNCCN2c2cc(F)cc(F)c21. The number of anilines is 2. The predicted octanol–water partition coefficient (Wildman–Crippen LogP) is 1.19. The highest BCUT2D eigenvalue weighted by Gasteiger charge is 2.33. The Bertz CT molecular complexity index is 450. The molecule has 3 rings (SSSR count). The summed E-state index contributed by atoms with van der Waals surface area (Å²) in [5.74, 6) is -0.978. The fourth-order valence-corrected chi connectivity index (χ4v) is 2.80. The minimum Gasteiger partial charge on any atom is -0.368 e. The highest BCUT2D eigenvalue weighted by Crippen LogP contribution is 2.37. The number of piperazine rings is 1. The van der Waals surface area contributed by atoms with Crippen LogP contribution in [0.5, 0.6) is 0 Å². The molecule has 2 aliphatic heterocycles. The molecule has 1 aromatic rings. The third-order valence-corrected chi connectivity index (χ3v) is 3.53. The minimum atomic E-state index is -0.506. The number of nitrogens with one attached hydrogen (secondary N) is 1. The van der Waals surface area contributed by atoms with Crippen LogP contribution in [0.3, 0.4) is 0 Å². The summed E-state index contributed by atoms with van der Waals surface area (Å²) in [4.78, 5) is 3.98. The van der Waals surface area contributed by atoms with Crippen molar-refractivity contribution in [1.29, 1.82) is 0 Å². The van der Waals surface area contributed by atoms with Gasteiger partial charge in [0.1, 0.15) is 5.82 Å². The van der Waals surface area contributed by atoms with Gasteiger partial charge >= 0.3 is 0 Å². The van der Waals surface area contributed by atoms with Crippen molar-refractivity contribution in [2.24, 2.45) is 0 Å². The maximum atomic E-state index is 13.8. The molecular weight excluding hydrogens is 224 g/mol. The Balaban J connectivity index is 2.11. The Morgan fingerprint density at radius 1 is 1.35 bits per heavy atom. The number of fused-ring (bicyclic) bond motifs is 3. The smallest absolute Gasteiger partial charge is 0.151 e. The van der Waals surface area contributed by atoms with Gasteiger partial charge in [0, 0.05) is 39.3 Å². The molecular formula is C12H15F2N3. The van der Waals surface area contributed by atoms with Gasteiger partial charge in [0.25, 0.3) is 0 Å². The second-order valence-corrected chi connectivity index (χ2v) is 4.69. The second-order valence-electron chi connectivity index (χ2n) is 4.69. The summed E-state index contributed by atoms with van der Waals surface area (Å²) in [5, 5.41) is 3.31. The van der Waals surface area contributed by atoms with Crippen LogP contribution in [0.25, 0.3) is 0 Å². The first-order valence-corrected chi connectivity index (χ1v) is 5.84. The highest BCUT2D eigenvalue weighted by molar-refractivity contribution is 5.75. The van der Waals surface area contributed by atoms with Crippen molar-refractivity contribution >= 4 is 11.4 Å². The van der Waals surface area contributed by atoms with E-state index in [-0.39, 0.29) is 0 Å². The zero-order valence-electron chi connectivity index (χ0n) is 9.71. The summed E-state index contributed by atoms with van der Waals surface area (Å²) < 4.78 is 27.2. The molecule has 1 fully saturated rings. The molecule has 17 heavy (non-hydrogen) atoms. The molecule has 0 aromatic heterocycles. The fraction of sp³-hybridized carbons (Fsp3) is 0.500. The van der Waals surface area contributed by atoms with Crippen LogP contribution in [-0.2, 0) is 0 Å². The van der Waals surface area contributed by atoms with Gasteiger partial charge in [-0.3, -0.25) is 0 Å². The average Bonchev–Trinajstić information content (AvgIpc) is 2.28. The van der Waals surface area contributed by atoms with Crippen molar-refractivity contribution in [3.8, 4) is 0 Å². The molecule has 1 unspecified atom stereocenters. The number of hydrogen-bond acceptors (Lipinski definition) is 3. The van der Waals surface area contributed by atoms with Gasteiger partial charge in [0.2, 0.25) is 0 Å². The Labute approximate surface area is 99.0 Å². The van der Waals surface area contributed by atoms with Crippen LogP contribution in [0.15, 0.2) is 12.1 Å². The third kappa shape index (κ3) is 1.65. The van der Waals surface area contributed by atoms with E-state index in [1.54, 1.807) is 0 Å². The molecule has 5 heteroatoms. The molecule has 0 amide bonds. The van der Waals surface area contributed by atoms with E-state index in [4.69, 9.17) is 0 Å². The molecule has 1 aromatic carbocycles. The fourth-order valence-electron chi connectivity index (χ4n) is 2.80. The molecule has 0 spiro atoms. The highest BCUT2D eigenvalue weighted by atomic mass is 19.1. The second kappa shape index (κ2) is 3.84. The molecule has 0 saturated carbocycles. The van der Waals surface area contributed by atoms with Crippen molar-refractivity contribution < 1.29 is 8.78 Å². The lowest BCUT2D eigenvalue weighted by Crippen LogP contribution is -2.58. The molecule has 0 radical (unpaired) electrons. The molecule has 3 nitrogen and oxygen atoms in total.